The van der Waals surface area contributed by atoms with Crippen LogP contribution in [0.25, 0.3) is 0 Å². The smallest absolute Gasteiger partial charge is 0.270 e. The summed E-state index contributed by atoms with van der Waals surface area (Å²) in [4.78, 5) is 44.1. The van der Waals surface area contributed by atoms with Crippen molar-refractivity contribution >= 4 is 29.1 Å². The fourth-order valence-corrected chi connectivity index (χ4v) is 5.72. The average molecular weight is 557 g/mol. The predicted molar refractivity (Wildman–Crippen MR) is 152 cm³/mol. The van der Waals surface area contributed by atoms with E-state index in [9.17, 15) is 14.4 Å². The zero-order chi connectivity index (χ0) is 28.5. The largest absolute Gasteiger partial charge is 0.476 e. The van der Waals surface area contributed by atoms with Gasteiger partial charge in [-0.3, -0.25) is 14.4 Å². The molecule has 2 atom stereocenters. The molecule has 4 aliphatic rings. The van der Waals surface area contributed by atoms with Crippen molar-refractivity contribution in [2.45, 2.75) is 77.0 Å². The monoisotopic (exact) mass is 556 g/mol. The molecule has 0 aromatic heterocycles. The van der Waals surface area contributed by atoms with Gasteiger partial charge in [0.05, 0.1) is 36.3 Å². The van der Waals surface area contributed by atoms with Gasteiger partial charge in [0.2, 0.25) is 11.8 Å². The molecule has 5 rings (SSSR count). The van der Waals surface area contributed by atoms with Gasteiger partial charge in [-0.05, 0) is 78.0 Å². The van der Waals surface area contributed by atoms with Gasteiger partial charge < -0.3 is 34.6 Å². The number of piperidine rings is 1. The fraction of sp³-hybridized carbons (Fsp3) is 0.700. The SMILES string of the molecule is CCOCCN1C(=O)C(C)(C)Oc2ccc(N(C(=O)[C@H]3CNC[C@@H](C(=O)NC4(COCC)CC4)C3)C3CC3)cc21. The maximum absolute atomic E-state index is 14.0. The van der Waals surface area contributed by atoms with Gasteiger partial charge in [0.25, 0.3) is 5.91 Å². The number of carbonyl (C=O) groups excluding carboxylic acids is 3. The zero-order valence-corrected chi connectivity index (χ0v) is 24.3. The van der Waals surface area contributed by atoms with E-state index in [2.05, 4.69) is 10.6 Å². The second kappa shape index (κ2) is 11.7. The summed E-state index contributed by atoms with van der Waals surface area (Å²) >= 11 is 0. The fourth-order valence-electron chi connectivity index (χ4n) is 5.72. The Morgan fingerprint density at radius 3 is 2.52 bits per heavy atom. The van der Waals surface area contributed by atoms with Crippen molar-refractivity contribution in [3.05, 3.63) is 18.2 Å². The van der Waals surface area contributed by atoms with Crippen LogP contribution in [0.15, 0.2) is 18.2 Å². The third-order valence-corrected chi connectivity index (χ3v) is 8.34. The molecule has 1 aromatic carbocycles. The second-order valence-electron chi connectivity index (χ2n) is 12.1. The summed E-state index contributed by atoms with van der Waals surface area (Å²) < 4.78 is 17.2. The minimum Gasteiger partial charge on any atom is -0.476 e. The molecule has 0 bridgehead atoms. The van der Waals surface area contributed by atoms with Crippen LogP contribution in [0.3, 0.4) is 0 Å². The van der Waals surface area contributed by atoms with Crippen LogP contribution in [0, 0.1) is 11.8 Å². The highest BCUT2D eigenvalue weighted by Gasteiger charge is 2.47. The molecule has 3 amide bonds. The molecular weight excluding hydrogens is 512 g/mol. The first-order valence-corrected chi connectivity index (χ1v) is 14.8. The van der Waals surface area contributed by atoms with E-state index in [0.717, 1.165) is 31.4 Å². The van der Waals surface area contributed by atoms with E-state index >= 15 is 0 Å². The second-order valence-corrected chi connectivity index (χ2v) is 12.1. The van der Waals surface area contributed by atoms with Crippen LogP contribution in [0.1, 0.15) is 59.8 Å². The van der Waals surface area contributed by atoms with Gasteiger partial charge in [-0.15, -0.1) is 0 Å². The Morgan fingerprint density at radius 1 is 1.12 bits per heavy atom. The number of rotatable bonds is 12. The molecule has 1 aromatic rings. The lowest BCUT2D eigenvalue weighted by Crippen LogP contribution is -2.53. The standard InChI is InChI=1S/C30H44N4O6/c1-5-38-14-13-33-24-16-23(9-10-25(24)40-29(3,4)28(33)37)34(22-7-8-22)27(36)21-15-20(17-31-18-21)26(35)32-30(11-12-30)19-39-6-2/h9-10,16,20-22,31H,5-8,11-15,17-19H2,1-4H3,(H,32,35)/t20-,21+/m0/s1. The Hall–Kier alpha value is -2.69. The third kappa shape index (κ3) is 6.14. The number of nitrogens with zero attached hydrogens (tertiary/aromatic N) is 2. The van der Waals surface area contributed by atoms with Gasteiger partial charge in [0.15, 0.2) is 5.60 Å². The van der Waals surface area contributed by atoms with Crippen molar-refractivity contribution in [1.82, 2.24) is 10.6 Å². The maximum Gasteiger partial charge on any atom is 0.270 e. The number of ether oxygens (including phenoxy) is 3. The average Bonchev–Trinajstić information content (AvgIpc) is 3.88. The van der Waals surface area contributed by atoms with Crippen LogP contribution in [0.4, 0.5) is 11.4 Å². The summed E-state index contributed by atoms with van der Waals surface area (Å²) in [6, 6.07) is 5.79. The summed E-state index contributed by atoms with van der Waals surface area (Å²) in [5.41, 5.74) is 0.180. The summed E-state index contributed by atoms with van der Waals surface area (Å²) in [6.07, 6.45) is 4.24. The van der Waals surface area contributed by atoms with E-state index in [1.54, 1.807) is 18.7 Å². The van der Waals surface area contributed by atoms with Crippen molar-refractivity contribution in [3.8, 4) is 5.75 Å². The number of hydrogen-bond donors (Lipinski definition) is 2. The first kappa shape index (κ1) is 28.8. The first-order chi connectivity index (χ1) is 19.2. The van der Waals surface area contributed by atoms with Crippen LogP contribution in [0.2, 0.25) is 0 Å². The van der Waals surface area contributed by atoms with E-state index in [0.29, 0.717) is 63.9 Å². The summed E-state index contributed by atoms with van der Waals surface area (Å²) in [5, 5.41) is 6.54. The number of amides is 3. The number of benzene rings is 1. The highest BCUT2D eigenvalue weighted by molar-refractivity contribution is 6.04. The number of hydrogen-bond acceptors (Lipinski definition) is 7. The third-order valence-electron chi connectivity index (χ3n) is 8.34. The molecule has 10 heteroatoms. The van der Waals surface area contributed by atoms with E-state index in [-0.39, 0.29) is 41.1 Å². The number of anilines is 2. The highest BCUT2D eigenvalue weighted by Crippen LogP contribution is 2.43. The van der Waals surface area contributed by atoms with Gasteiger partial charge in [-0.2, -0.15) is 0 Å². The summed E-state index contributed by atoms with van der Waals surface area (Å²) in [6.45, 7) is 11.1. The number of nitrogens with one attached hydrogen (secondary N) is 2. The lowest BCUT2D eigenvalue weighted by Gasteiger charge is -2.39. The maximum atomic E-state index is 14.0. The Morgan fingerprint density at radius 2 is 1.85 bits per heavy atom. The van der Waals surface area contributed by atoms with Gasteiger partial charge in [0, 0.05) is 44.6 Å². The molecule has 220 valence electrons. The van der Waals surface area contributed by atoms with E-state index in [1.165, 1.54) is 0 Å². The van der Waals surface area contributed by atoms with Crippen LogP contribution in [0.5, 0.6) is 5.75 Å². The Labute approximate surface area is 237 Å². The van der Waals surface area contributed by atoms with Gasteiger partial charge in [-0.25, -0.2) is 0 Å². The molecule has 0 spiro atoms. The van der Waals surface area contributed by atoms with Crippen molar-refractivity contribution in [1.29, 1.82) is 0 Å². The molecule has 2 heterocycles. The molecular formula is C30H44N4O6. The lowest BCUT2D eigenvalue weighted by molar-refractivity contribution is -0.133. The molecule has 40 heavy (non-hydrogen) atoms. The van der Waals surface area contributed by atoms with Gasteiger partial charge >= 0.3 is 0 Å². The minimum absolute atomic E-state index is 0.00262. The minimum atomic E-state index is -0.988. The molecule has 1 saturated heterocycles. The Kier molecular flexibility index (Phi) is 8.40. The quantitative estimate of drug-likeness (QED) is 0.381. The van der Waals surface area contributed by atoms with Crippen LogP contribution < -0.4 is 25.2 Å². The normalized spacial score (nSPS) is 24.6. The van der Waals surface area contributed by atoms with E-state index in [4.69, 9.17) is 14.2 Å². The molecule has 3 fully saturated rings. The summed E-state index contributed by atoms with van der Waals surface area (Å²) in [7, 11) is 0. The molecule has 0 radical (unpaired) electrons. The summed E-state index contributed by atoms with van der Waals surface area (Å²) in [5.74, 6) is -0.0819. The first-order valence-electron chi connectivity index (χ1n) is 14.8. The van der Waals surface area contributed by atoms with Crippen LogP contribution in [-0.4, -0.2) is 81.0 Å². The molecule has 2 aliphatic carbocycles. The van der Waals surface area contributed by atoms with Gasteiger partial charge in [-0.1, -0.05) is 0 Å². The number of fused-ring (bicyclic) bond motifs is 1. The van der Waals surface area contributed by atoms with Crippen molar-refractivity contribution in [3.63, 3.8) is 0 Å². The molecule has 2 saturated carbocycles. The molecule has 2 N–H and O–H groups in total. The van der Waals surface area contributed by atoms with Crippen molar-refractivity contribution in [2.24, 2.45) is 11.8 Å². The zero-order valence-electron chi connectivity index (χ0n) is 24.3. The molecule has 0 unspecified atom stereocenters. The predicted octanol–water partition coefficient (Wildman–Crippen LogP) is 2.63. The highest BCUT2D eigenvalue weighted by atomic mass is 16.5. The van der Waals surface area contributed by atoms with Crippen LogP contribution >= 0.6 is 0 Å². The molecule has 10 nitrogen and oxygen atoms in total. The van der Waals surface area contributed by atoms with E-state index in [1.807, 2.05) is 36.9 Å². The Balaban J connectivity index is 1.32. The van der Waals surface area contributed by atoms with Crippen LogP contribution in [-0.2, 0) is 23.9 Å². The Bertz CT molecular complexity index is 1120. The van der Waals surface area contributed by atoms with Crippen molar-refractivity contribution < 1.29 is 28.6 Å². The molecule has 2 aliphatic heterocycles. The topological polar surface area (TPSA) is 109 Å². The van der Waals surface area contributed by atoms with E-state index < -0.39 is 5.60 Å². The number of carbonyl (C=O) groups is 3. The van der Waals surface area contributed by atoms with Crippen molar-refractivity contribution in [2.75, 3.05) is 55.9 Å². The van der Waals surface area contributed by atoms with Gasteiger partial charge in [0.1, 0.15) is 5.75 Å². The lowest BCUT2D eigenvalue weighted by atomic mass is 9.88.